The van der Waals surface area contributed by atoms with Crippen LogP contribution in [0.3, 0.4) is 0 Å². The number of aliphatic hydroxyl groups excluding tert-OH is 2. The van der Waals surface area contributed by atoms with Gasteiger partial charge in [0.05, 0.1) is 32.5 Å². The first-order valence-corrected chi connectivity index (χ1v) is 10.2. The Labute approximate surface area is 173 Å². The van der Waals surface area contributed by atoms with E-state index in [0.29, 0.717) is 19.5 Å². The van der Waals surface area contributed by atoms with E-state index in [1.54, 1.807) is 13.8 Å². The molecule has 1 heterocycles. The predicted octanol–water partition coefficient (Wildman–Crippen LogP) is 2.32. The molecule has 1 aliphatic rings. The van der Waals surface area contributed by atoms with E-state index in [-0.39, 0.29) is 30.4 Å². The van der Waals surface area contributed by atoms with Gasteiger partial charge in [0, 0.05) is 13.0 Å². The van der Waals surface area contributed by atoms with Gasteiger partial charge in [0.25, 0.3) is 0 Å². The third-order valence-electron chi connectivity index (χ3n) is 4.47. The Morgan fingerprint density at radius 3 is 2.31 bits per heavy atom. The zero-order valence-electron chi connectivity index (χ0n) is 18.0. The average Bonchev–Trinajstić information content (AvgIpc) is 3.02. The maximum absolute atomic E-state index is 11.7. The van der Waals surface area contributed by atoms with Crippen LogP contribution in [-0.2, 0) is 20.9 Å². The van der Waals surface area contributed by atoms with Crippen LogP contribution in [0.5, 0.6) is 5.75 Å². The van der Waals surface area contributed by atoms with Gasteiger partial charge in [0.15, 0.2) is 0 Å². The third kappa shape index (κ3) is 9.87. The number of Topliss-reactive ketones (excluding diaryl/α,β-unsaturated/α-hetero) is 1. The smallest absolute Gasteiger partial charge is 0.323 e. The van der Waals surface area contributed by atoms with E-state index in [1.165, 1.54) is 7.11 Å². The number of unbranched alkanes of at least 4 members (excludes halogenated alkanes) is 1. The molecular formula is C22H35NO6. The number of hydrogen-bond donors (Lipinski definition) is 2. The van der Waals surface area contributed by atoms with Gasteiger partial charge in [-0.25, -0.2) is 0 Å². The monoisotopic (exact) mass is 409 g/mol. The van der Waals surface area contributed by atoms with Crippen molar-refractivity contribution in [1.29, 1.82) is 0 Å². The highest BCUT2D eigenvalue weighted by atomic mass is 16.5. The molecule has 0 aliphatic carbocycles. The largest absolute Gasteiger partial charge is 0.494 e. The number of nitrogens with zero attached hydrogens (tertiary/aromatic N) is 1. The predicted molar refractivity (Wildman–Crippen MR) is 111 cm³/mol. The van der Waals surface area contributed by atoms with Gasteiger partial charge in [0.1, 0.15) is 17.6 Å². The van der Waals surface area contributed by atoms with E-state index in [1.807, 2.05) is 29.2 Å². The Bertz CT molecular complexity index is 608. The maximum Gasteiger partial charge on any atom is 0.323 e. The summed E-state index contributed by atoms with van der Waals surface area (Å²) in [6.07, 6.45) is 2.11. The molecule has 7 heteroatoms. The maximum atomic E-state index is 11.7. The van der Waals surface area contributed by atoms with Crippen LogP contribution in [-0.4, -0.2) is 65.4 Å². The van der Waals surface area contributed by atoms with Crippen molar-refractivity contribution >= 4 is 11.8 Å². The lowest BCUT2D eigenvalue weighted by molar-refractivity contribution is -0.146. The fourth-order valence-electron chi connectivity index (χ4n) is 3.03. The normalized spacial score (nSPS) is 18.6. The van der Waals surface area contributed by atoms with Gasteiger partial charge in [-0.15, -0.1) is 0 Å². The van der Waals surface area contributed by atoms with Crippen LogP contribution in [0.15, 0.2) is 24.3 Å². The van der Waals surface area contributed by atoms with Gasteiger partial charge in [-0.1, -0.05) is 25.5 Å². The standard InChI is InChI=1S/C17H23NO4.C5H12O2/c1-3-4-9-22-15-7-5-13(6-8-15)11-18-12-14(19)10-16(18)17(20)21-2;1-4(6)3-5(2)7/h5-8,16H,3-4,9-12H2,1-2H3;4-7H,3H2,1-2H3/t16-;/m1./s1. The number of carbonyl (C=O) groups excluding carboxylic acids is 2. The molecule has 0 radical (unpaired) electrons. The number of benzene rings is 1. The number of rotatable bonds is 9. The van der Waals surface area contributed by atoms with E-state index in [4.69, 9.17) is 19.7 Å². The summed E-state index contributed by atoms with van der Waals surface area (Å²) in [6, 6.07) is 7.33. The first-order valence-electron chi connectivity index (χ1n) is 10.2. The number of ether oxygens (including phenoxy) is 2. The van der Waals surface area contributed by atoms with Crippen LogP contribution in [0.25, 0.3) is 0 Å². The van der Waals surface area contributed by atoms with Gasteiger partial charge >= 0.3 is 5.97 Å². The molecule has 0 amide bonds. The lowest BCUT2D eigenvalue weighted by atomic mass is 10.1. The second-order valence-corrected chi connectivity index (χ2v) is 7.47. The van der Waals surface area contributed by atoms with Crippen molar-refractivity contribution in [2.45, 2.75) is 71.2 Å². The van der Waals surface area contributed by atoms with Crippen molar-refractivity contribution in [3.05, 3.63) is 29.8 Å². The minimum Gasteiger partial charge on any atom is -0.494 e. The summed E-state index contributed by atoms with van der Waals surface area (Å²) in [5, 5.41) is 17.1. The molecule has 0 aromatic heterocycles. The Morgan fingerprint density at radius 1 is 1.21 bits per heavy atom. The summed E-state index contributed by atoms with van der Waals surface area (Å²) >= 11 is 0. The SMILES string of the molecule is CC(O)CC(C)O.CCCCOc1ccc(CN2CC(=O)C[C@@H]2C(=O)OC)cc1. The zero-order valence-corrected chi connectivity index (χ0v) is 18.0. The molecule has 0 saturated carbocycles. The van der Waals surface area contributed by atoms with Crippen molar-refractivity contribution in [3.63, 3.8) is 0 Å². The average molecular weight is 410 g/mol. The molecule has 1 aromatic rings. The quantitative estimate of drug-likeness (QED) is 0.477. The van der Waals surface area contributed by atoms with Crippen molar-refractivity contribution in [3.8, 4) is 5.75 Å². The first-order chi connectivity index (χ1) is 13.8. The summed E-state index contributed by atoms with van der Waals surface area (Å²) in [5.41, 5.74) is 1.05. The molecule has 2 rings (SSSR count). The highest BCUT2D eigenvalue weighted by Gasteiger charge is 2.36. The molecule has 2 N–H and O–H groups in total. The van der Waals surface area contributed by atoms with Crippen LogP contribution in [0, 0.1) is 0 Å². The topological polar surface area (TPSA) is 96.3 Å². The van der Waals surface area contributed by atoms with Crippen molar-refractivity contribution < 1.29 is 29.3 Å². The van der Waals surface area contributed by atoms with Crippen LogP contribution in [0.4, 0.5) is 0 Å². The number of carbonyl (C=O) groups is 2. The van der Waals surface area contributed by atoms with Gasteiger partial charge in [-0.3, -0.25) is 14.5 Å². The summed E-state index contributed by atoms with van der Waals surface area (Å²) in [6.45, 7) is 7.02. The fraction of sp³-hybridized carbons (Fsp3) is 0.636. The van der Waals surface area contributed by atoms with Gasteiger partial charge in [-0.05, 0) is 44.4 Å². The fourth-order valence-corrected chi connectivity index (χ4v) is 3.03. The van der Waals surface area contributed by atoms with Crippen LogP contribution < -0.4 is 4.74 Å². The molecule has 3 atom stereocenters. The molecule has 1 saturated heterocycles. The number of likely N-dealkylation sites (tertiary alicyclic amines) is 1. The Morgan fingerprint density at radius 2 is 1.83 bits per heavy atom. The number of esters is 1. The van der Waals surface area contributed by atoms with Crippen molar-refractivity contribution in [2.75, 3.05) is 20.3 Å². The summed E-state index contributed by atoms with van der Waals surface area (Å²) in [4.78, 5) is 25.2. The zero-order chi connectivity index (χ0) is 21.8. The van der Waals surface area contributed by atoms with Gasteiger partial charge in [-0.2, -0.15) is 0 Å². The van der Waals surface area contributed by atoms with E-state index < -0.39 is 6.04 Å². The Hall–Kier alpha value is -1.96. The minimum atomic E-state index is -0.460. The number of aliphatic hydroxyl groups is 2. The third-order valence-corrected chi connectivity index (χ3v) is 4.47. The van der Waals surface area contributed by atoms with E-state index in [2.05, 4.69) is 6.92 Å². The lowest BCUT2D eigenvalue weighted by Crippen LogP contribution is -2.36. The molecule has 7 nitrogen and oxygen atoms in total. The molecule has 1 fully saturated rings. The van der Waals surface area contributed by atoms with Crippen molar-refractivity contribution in [1.82, 2.24) is 4.90 Å². The highest BCUT2D eigenvalue weighted by molar-refractivity contribution is 5.91. The Balaban J connectivity index is 0.000000516. The van der Waals surface area contributed by atoms with Crippen LogP contribution >= 0.6 is 0 Å². The number of ketones is 1. The second kappa shape index (κ2) is 13.3. The molecular weight excluding hydrogens is 374 g/mol. The first kappa shape index (κ1) is 25.1. The Kier molecular flexibility index (Phi) is 11.5. The summed E-state index contributed by atoms with van der Waals surface area (Å²) < 4.78 is 10.4. The summed E-state index contributed by atoms with van der Waals surface area (Å²) in [5.74, 6) is 0.583. The second-order valence-electron chi connectivity index (χ2n) is 7.47. The van der Waals surface area contributed by atoms with E-state index >= 15 is 0 Å². The molecule has 29 heavy (non-hydrogen) atoms. The minimum absolute atomic E-state index is 0.0786. The molecule has 164 valence electrons. The molecule has 0 bridgehead atoms. The van der Waals surface area contributed by atoms with E-state index in [9.17, 15) is 9.59 Å². The lowest BCUT2D eigenvalue weighted by Gasteiger charge is -2.21. The molecule has 1 aliphatic heterocycles. The van der Waals surface area contributed by atoms with Crippen molar-refractivity contribution in [2.24, 2.45) is 0 Å². The van der Waals surface area contributed by atoms with Crippen LogP contribution in [0.1, 0.15) is 52.0 Å². The number of hydrogen-bond acceptors (Lipinski definition) is 7. The van der Waals surface area contributed by atoms with Gasteiger partial charge < -0.3 is 19.7 Å². The molecule has 2 unspecified atom stereocenters. The number of methoxy groups -OCH3 is 1. The van der Waals surface area contributed by atoms with Gasteiger partial charge in [0.2, 0.25) is 0 Å². The van der Waals surface area contributed by atoms with E-state index in [0.717, 1.165) is 30.8 Å². The molecule has 1 aromatic carbocycles. The summed E-state index contributed by atoms with van der Waals surface area (Å²) in [7, 11) is 1.35. The van der Waals surface area contributed by atoms with Crippen LogP contribution in [0.2, 0.25) is 0 Å². The highest BCUT2D eigenvalue weighted by Crippen LogP contribution is 2.20. The molecule has 0 spiro atoms.